The molecule has 2 aromatic heterocycles. The van der Waals surface area contributed by atoms with Gasteiger partial charge in [-0.2, -0.15) is 9.67 Å². The van der Waals surface area contributed by atoms with E-state index in [1.807, 2.05) is 37.4 Å². The summed E-state index contributed by atoms with van der Waals surface area (Å²) in [5.74, 6) is 2.33. The van der Waals surface area contributed by atoms with Gasteiger partial charge in [-0.25, -0.2) is 0 Å². The number of tetrazole rings is 1. The molecule has 0 aliphatic rings. The molecule has 1 unspecified atom stereocenters. The molecule has 144 valence electrons. The standard InChI is InChI=1S/C17H21N7O2.ClH/c1-11(18-3)8-16-19-17(26-21-16)15(24-12(2)20-22-23-24)10-13-6-5-7-14(9-13)25-4;/h5-7,9-11,18H,8H2,1-4H3;1H/b15-10-;. The van der Waals surface area contributed by atoms with E-state index >= 15 is 0 Å². The van der Waals surface area contributed by atoms with Crippen LogP contribution in [0.15, 0.2) is 28.8 Å². The number of nitrogens with zero attached hydrogens (tertiary/aromatic N) is 6. The van der Waals surface area contributed by atoms with Crippen LogP contribution in [-0.2, 0) is 6.42 Å². The van der Waals surface area contributed by atoms with Crippen LogP contribution >= 0.6 is 12.4 Å². The van der Waals surface area contributed by atoms with Crippen LogP contribution in [0.3, 0.4) is 0 Å². The summed E-state index contributed by atoms with van der Waals surface area (Å²) in [7, 11) is 3.52. The highest BCUT2D eigenvalue weighted by atomic mass is 35.5. The summed E-state index contributed by atoms with van der Waals surface area (Å²) in [6, 6.07) is 7.87. The third kappa shape index (κ3) is 4.89. The summed E-state index contributed by atoms with van der Waals surface area (Å²) in [6.45, 7) is 3.86. The van der Waals surface area contributed by atoms with E-state index in [-0.39, 0.29) is 18.4 Å². The van der Waals surface area contributed by atoms with Crippen molar-refractivity contribution in [1.29, 1.82) is 0 Å². The van der Waals surface area contributed by atoms with Crippen LogP contribution in [0.1, 0.15) is 30.0 Å². The van der Waals surface area contributed by atoms with Crippen molar-refractivity contribution in [3.63, 3.8) is 0 Å². The third-order valence-electron chi connectivity index (χ3n) is 3.92. The number of nitrogens with one attached hydrogen (secondary N) is 1. The lowest BCUT2D eigenvalue weighted by molar-refractivity contribution is 0.394. The largest absolute Gasteiger partial charge is 0.497 e. The average Bonchev–Trinajstić information content (AvgIpc) is 3.29. The number of methoxy groups -OCH3 is 1. The predicted octanol–water partition coefficient (Wildman–Crippen LogP) is 1.99. The smallest absolute Gasteiger partial charge is 0.276 e. The van der Waals surface area contributed by atoms with Crippen LogP contribution in [0.5, 0.6) is 5.75 Å². The highest BCUT2D eigenvalue weighted by Crippen LogP contribution is 2.22. The molecule has 27 heavy (non-hydrogen) atoms. The van der Waals surface area contributed by atoms with E-state index in [0.29, 0.717) is 29.7 Å². The maximum Gasteiger partial charge on any atom is 0.276 e. The van der Waals surface area contributed by atoms with Crippen molar-refractivity contribution in [2.45, 2.75) is 26.3 Å². The second-order valence-electron chi connectivity index (χ2n) is 5.85. The summed E-state index contributed by atoms with van der Waals surface area (Å²) in [5.41, 5.74) is 1.49. The van der Waals surface area contributed by atoms with Crippen LogP contribution in [-0.4, -0.2) is 50.5 Å². The molecule has 0 saturated carbocycles. The summed E-state index contributed by atoms with van der Waals surface area (Å²) >= 11 is 0. The Balaban J connectivity index is 0.00000261. The molecule has 10 heteroatoms. The fourth-order valence-corrected chi connectivity index (χ4v) is 2.37. The molecule has 0 bridgehead atoms. The third-order valence-corrected chi connectivity index (χ3v) is 3.92. The van der Waals surface area contributed by atoms with Gasteiger partial charge < -0.3 is 14.6 Å². The van der Waals surface area contributed by atoms with Crippen molar-refractivity contribution in [3.8, 4) is 5.75 Å². The number of aryl methyl sites for hydroxylation is 1. The maximum absolute atomic E-state index is 5.47. The molecule has 0 fully saturated rings. The first-order valence-electron chi connectivity index (χ1n) is 8.22. The van der Waals surface area contributed by atoms with Gasteiger partial charge in [0.15, 0.2) is 11.6 Å². The number of halogens is 1. The van der Waals surface area contributed by atoms with Crippen LogP contribution in [0.2, 0.25) is 0 Å². The van der Waals surface area contributed by atoms with E-state index in [1.54, 1.807) is 18.7 Å². The SMILES string of the molecule is CNC(C)Cc1noc(/C(=C/c2cccc(OC)c2)n2nnnc2C)n1.Cl. The maximum atomic E-state index is 5.47. The minimum absolute atomic E-state index is 0. The van der Waals surface area contributed by atoms with Crippen molar-refractivity contribution < 1.29 is 9.26 Å². The molecule has 0 saturated heterocycles. The second kappa shape index (κ2) is 9.24. The Bertz CT molecular complexity index is 906. The highest BCUT2D eigenvalue weighted by Gasteiger charge is 2.18. The van der Waals surface area contributed by atoms with Gasteiger partial charge in [-0.05, 0) is 55.1 Å². The number of hydrogen-bond donors (Lipinski definition) is 1. The zero-order valence-corrected chi connectivity index (χ0v) is 16.4. The highest BCUT2D eigenvalue weighted by molar-refractivity contribution is 5.85. The molecule has 2 heterocycles. The van der Waals surface area contributed by atoms with Crippen LogP contribution in [0.25, 0.3) is 11.8 Å². The first-order chi connectivity index (χ1) is 12.6. The summed E-state index contributed by atoms with van der Waals surface area (Å²) < 4.78 is 12.3. The van der Waals surface area contributed by atoms with E-state index in [1.165, 1.54) is 0 Å². The van der Waals surface area contributed by atoms with Gasteiger partial charge in [-0.1, -0.05) is 17.3 Å². The van der Waals surface area contributed by atoms with Gasteiger partial charge in [0.05, 0.1) is 7.11 Å². The van der Waals surface area contributed by atoms with E-state index < -0.39 is 0 Å². The Morgan fingerprint density at radius 2 is 2.22 bits per heavy atom. The van der Waals surface area contributed by atoms with E-state index in [2.05, 4.69) is 37.9 Å². The monoisotopic (exact) mass is 391 g/mol. The molecule has 0 aliphatic heterocycles. The second-order valence-corrected chi connectivity index (χ2v) is 5.85. The summed E-state index contributed by atoms with van der Waals surface area (Å²) in [6.07, 6.45) is 2.53. The Morgan fingerprint density at radius 3 is 2.89 bits per heavy atom. The van der Waals surface area contributed by atoms with Gasteiger partial charge >= 0.3 is 0 Å². The van der Waals surface area contributed by atoms with Crippen molar-refractivity contribution in [3.05, 3.63) is 47.4 Å². The molecular weight excluding hydrogens is 370 g/mol. The van der Waals surface area contributed by atoms with Gasteiger partial charge in [-0.3, -0.25) is 0 Å². The minimum Gasteiger partial charge on any atom is -0.497 e. The Kier molecular flexibility index (Phi) is 7.03. The lowest BCUT2D eigenvalue weighted by Gasteiger charge is -2.06. The molecule has 0 aliphatic carbocycles. The Labute approximate surface area is 163 Å². The number of rotatable bonds is 7. The van der Waals surface area contributed by atoms with Crippen LogP contribution in [0.4, 0.5) is 0 Å². The lowest BCUT2D eigenvalue weighted by atomic mass is 10.2. The fourth-order valence-electron chi connectivity index (χ4n) is 2.37. The fraction of sp³-hybridized carbons (Fsp3) is 0.353. The quantitative estimate of drug-likeness (QED) is 0.652. The van der Waals surface area contributed by atoms with Gasteiger partial charge in [0.2, 0.25) is 0 Å². The average molecular weight is 392 g/mol. The molecule has 1 N–H and O–H groups in total. The minimum atomic E-state index is 0. The number of benzene rings is 1. The number of aromatic nitrogens is 6. The number of hydrogen-bond acceptors (Lipinski definition) is 8. The molecular formula is C17H22ClN7O2. The first kappa shape index (κ1) is 20.5. The summed E-state index contributed by atoms with van der Waals surface area (Å²) in [5, 5.41) is 18.9. The van der Waals surface area contributed by atoms with Crippen molar-refractivity contribution in [2.24, 2.45) is 0 Å². The predicted molar refractivity (Wildman–Crippen MR) is 103 cm³/mol. The molecule has 3 rings (SSSR count). The van der Waals surface area contributed by atoms with Gasteiger partial charge in [0.1, 0.15) is 11.4 Å². The zero-order valence-electron chi connectivity index (χ0n) is 15.6. The van der Waals surface area contributed by atoms with Crippen LogP contribution in [0, 0.1) is 6.92 Å². The molecule has 3 aromatic rings. The topological polar surface area (TPSA) is 104 Å². The van der Waals surface area contributed by atoms with Crippen molar-refractivity contribution in [1.82, 2.24) is 35.7 Å². The van der Waals surface area contributed by atoms with Crippen molar-refractivity contribution in [2.75, 3.05) is 14.2 Å². The first-order valence-corrected chi connectivity index (χ1v) is 8.22. The van der Waals surface area contributed by atoms with Gasteiger partial charge in [0, 0.05) is 12.5 Å². The van der Waals surface area contributed by atoms with Crippen molar-refractivity contribution >= 4 is 24.2 Å². The number of likely N-dealkylation sites (N-methyl/N-ethyl adjacent to an activating group) is 1. The molecule has 0 spiro atoms. The van der Waals surface area contributed by atoms with E-state index in [4.69, 9.17) is 9.26 Å². The van der Waals surface area contributed by atoms with Gasteiger partial charge in [-0.15, -0.1) is 17.5 Å². The van der Waals surface area contributed by atoms with Crippen LogP contribution < -0.4 is 10.1 Å². The van der Waals surface area contributed by atoms with E-state index in [0.717, 1.165) is 11.3 Å². The zero-order chi connectivity index (χ0) is 18.5. The van der Waals surface area contributed by atoms with E-state index in [9.17, 15) is 0 Å². The molecule has 1 aromatic carbocycles. The van der Waals surface area contributed by atoms with Gasteiger partial charge in [0.25, 0.3) is 5.89 Å². The Morgan fingerprint density at radius 1 is 1.41 bits per heavy atom. The molecule has 1 atom stereocenters. The lowest BCUT2D eigenvalue weighted by Crippen LogP contribution is -2.24. The summed E-state index contributed by atoms with van der Waals surface area (Å²) in [4.78, 5) is 4.50. The molecule has 0 amide bonds. The molecule has 9 nitrogen and oxygen atoms in total. The number of ether oxygens (including phenoxy) is 1. The Hall–Kier alpha value is -2.78. The molecule has 0 radical (unpaired) electrons. The normalized spacial score (nSPS) is 12.5.